The third-order valence-corrected chi connectivity index (χ3v) is 4.01. The molecule has 0 aromatic heterocycles. The molecule has 1 atom stereocenters. The molecule has 0 saturated carbocycles. The summed E-state index contributed by atoms with van der Waals surface area (Å²) in [6.45, 7) is 11.3. The quantitative estimate of drug-likeness (QED) is 0.741. The normalized spacial score (nSPS) is 13.6. The fraction of sp³-hybridized carbons (Fsp3) is 0.692. The van der Waals surface area contributed by atoms with Gasteiger partial charge in [-0.1, -0.05) is 19.9 Å². The number of amides is 2. The number of rotatable bonds is 6. The van der Waals surface area contributed by atoms with Gasteiger partial charge < -0.3 is 10.5 Å². The van der Waals surface area contributed by atoms with E-state index in [0.29, 0.717) is 4.31 Å². The predicted molar refractivity (Wildman–Crippen MR) is 79.9 cm³/mol. The maximum atomic E-state index is 12.3. The molecule has 122 valence electrons. The lowest BCUT2D eigenvalue weighted by Gasteiger charge is -2.32. The van der Waals surface area contributed by atoms with Crippen LogP contribution in [0, 0.1) is 5.92 Å². The molecule has 0 bridgehead atoms. The Morgan fingerprint density at radius 2 is 1.81 bits per heavy atom. The van der Waals surface area contributed by atoms with Crippen molar-refractivity contribution in [2.45, 2.75) is 46.3 Å². The summed E-state index contributed by atoms with van der Waals surface area (Å²) in [5, 5.41) is 0. The summed E-state index contributed by atoms with van der Waals surface area (Å²) in [7, 11) is -4.09. The highest BCUT2D eigenvalue weighted by Crippen LogP contribution is 2.20. The number of ether oxygens (including phenoxy) is 1. The van der Waals surface area contributed by atoms with Crippen LogP contribution in [0.5, 0.6) is 0 Å². The average Bonchev–Trinajstić information content (AvgIpc) is 2.21. The van der Waals surface area contributed by atoms with Crippen molar-refractivity contribution in [1.29, 1.82) is 0 Å². The predicted octanol–water partition coefficient (Wildman–Crippen LogP) is 1.25. The van der Waals surface area contributed by atoms with Gasteiger partial charge in [0, 0.05) is 0 Å². The van der Waals surface area contributed by atoms with E-state index in [2.05, 4.69) is 6.58 Å². The van der Waals surface area contributed by atoms with Crippen molar-refractivity contribution in [3.8, 4) is 0 Å². The Hall–Kier alpha value is -1.57. The molecule has 2 N–H and O–H groups in total. The van der Waals surface area contributed by atoms with Crippen molar-refractivity contribution in [3.05, 3.63) is 12.7 Å². The van der Waals surface area contributed by atoms with Crippen LogP contribution in [-0.4, -0.2) is 42.1 Å². The SMILES string of the molecule is C=CCS(=O)(=O)N(C(=O)OC(C)(C)C)C(C(N)=O)C(C)C. The summed E-state index contributed by atoms with van der Waals surface area (Å²) < 4.78 is 30.0. The number of carbonyl (C=O) groups is 2. The maximum Gasteiger partial charge on any atom is 0.424 e. The highest BCUT2D eigenvalue weighted by Gasteiger charge is 2.41. The van der Waals surface area contributed by atoms with E-state index in [4.69, 9.17) is 10.5 Å². The minimum atomic E-state index is -4.09. The van der Waals surface area contributed by atoms with E-state index in [1.54, 1.807) is 34.6 Å². The number of hydrogen-bond donors (Lipinski definition) is 1. The Morgan fingerprint density at radius 1 is 1.33 bits per heavy atom. The van der Waals surface area contributed by atoms with Crippen LogP contribution in [0.4, 0.5) is 4.79 Å². The first-order chi connectivity index (χ1) is 9.33. The Balaban J connectivity index is 5.84. The van der Waals surface area contributed by atoms with Crippen LogP contribution >= 0.6 is 0 Å². The molecule has 0 aromatic carbocycles. The van der Waals surface area contributed by atoms with Gasteiger partial charge in [0.15, 0.2) is 0 Å². The number of nitrogens with two attached hydrogens (primary N) is 1. The standard InChI is InChI=1S/C13H24N2O5S/c1-7-8-21(18,19)15(10(9(2)3)11(14)16)12(17)20-13(4,5)6/h7,9-10H,1,8H2,2-6H3,(H2,14,16). The fourth-order valence-corrected chi connectivity index (χ4v) is 3.07. The first kappa shape index (κ1) is 19.4. The van der Waals surface area contributed by atoms with Crippen LogP contribution in [-0.2, 0) is 19.6 Å². The van der Waals surface area contributed by atoms with Crippen LogP contribution < -0.4 is 5.73 Å². The average molecular weight is 320 g/mol. The van der Waals surface area contributed by atoms with E-state index in [0.717, 1.165) is 6.08 Å². The second kappa shape index (κ2) is 6.93. The zero-order chi connectivity index (χ0) is 17.0. The monoisotopic (exact) mass is 320 g/mol. The smallest absolute Gasteiger partial charge is 0.424 e. The molecule has 1 unspecified atom stereocenters. The third-order valence-electron chi connectivity index (χ3n) is 2.38. The summed E-state index contributed by atoms with van der Waals surface area (Å²) in [5.74, 6) is -1.90. The van der Waals surface area contributed by atoms with E-state index < -0.39 is 45.3 Å². The molecule has 21 heavy (non-hydrogen) atoms. The van der Waals surface area contributed by atoms with Crippen LogP contribution in [0.1, 0.15) is 34.6 Å². The lowest BCUT2D eigenvalue weighted by molar-refractivity contribution is -0.123. The summed E-state index contributed by atoms with van der Waals surface area (Å²) >= 11 is 0. The zero-order valence-corrected chi connectivity index (χ0v) is 13.9. The summed E-state index contributed by atoms with van der Waals surface area (Å²) in [5.41, 5.74) is 4.35. The second-order valence-electron chi connectivity index (χ2n) is 5.93. The highest BCUT2D eigenvalue weighted by atomic mass is 32.2. The largest absolute Gasteiger partial charge is 0.443 e. The van der Waals surface area contributed by atoms with Crippen LogP contribution in [0.3, 0.4) is 0 Å². The highest BCUT2D eigenvalue weighted by molar-refractivity contribution is 7.89. The Morgan fingerprint density at radius 3 is 2.10 bits per heavy atom. The van der Waals surface area contributed by atoms with Gasteiger partial charge >= 0.3 is 6.09 Å². The van der Waals surface area contributed by atoms with Crippen molar-refractivity contribution in [1.82, 2.24) is 4.31 Å². The van der Waals surface area contributed by atoms with Gasteiger partial charge in [-0.2, -0.15) is 4.31 Å². The molecule has 0 heterocycles. The molecule has 0 saturated heterocycles. The molecule has 7 nitrogen and oxygen atoms in total. The minimum absolute atomic E-state index is 0.424. The lowest BCUT2D eigenvalue weighted by atomic mass is 10.0. The van der Waals surface area contributed by atoms with Crippen molar-refractivity contribution in [2.24, 2.45) is 11.7 Å². The molecule has 0 fully saturated rings. The number of hydrogen-bond acceptors (Lipinski definition) is 5. The number of nitrogens with zero attached hydrogens (tertiary/aromatic N) is 1. The zero-order valence-electron chi connectivity index (χ0n) is 13.1. The van der Waals surface area contributed by atoms with Crippen LogP contribution in [0.2, 0.25) is 0 Å². The summed E-state index contributed by atoms with van der Waals surface area (Å²) in [6, 6.07) is -1.32. The van der Waals surface area contributed by atoms with Crippen molar-refractivity contribution in [2.75, 3.05) is 5.75 Å². The molecule has 2 amide bonds. The molecule has 0 spiro atoms. The fourth-order valence-electron chi connectivity index (χ4n) is 1.65. The first-order valence-electron chi connectivity index (χ1n) is 6.48. The van der Waals surface area contributed by atoms with E-state index >= 15 is 0 Å². The van der Waals surface area contributed by atoms with Gasteiger partial charge in [-0.05, 0) is 26.7 Å². The molecule has 0 aromatic rings. The first-order valence-corrected chi connectivity index (χ1v) is 8.09. The number of sulfonamides is 1. The van der Waals surface area contributed by atoms with E-state index in [9.17, 15) is 18.0 Å². The molecule has 0 radical (unpaired) electrons. The van der Waals surface area contributed by atoms with E-state index in [-0.39, 0.29) is 0 Å². The molecule has 8 heteroatoms. The number of carbonyl (C=O) groups excluding carboxylic acids is 2. The Kier molecular flexibility index (Phi) is 6.41. The minimum Gasteiger partial charge on any atom is -0.443 e. The molecule has 0 aliphatic heterocycles. The van der Waals surface area contributed by atoms with Gasteiger partial charge in [-0.25, -0.2) is 13.2 Å². The van der Waals surface area contributed by atoms with Gasteiger partial charge in [0.2, 0.25) is 15.9 Å². The summed E-state index contributed by atoms with van der Waals surface area (Å²) in [4.78, 5) is 23.8. The van der Waals surface area contributed by atoms with Crippen molar-refractivity contribution in [3.63, 3.8) is 0 Å². The Labute approximate surface area is 126 Å². The van der Waals surface area contributed by atoms with Crippen molar-refractivity contribution >= 4 is 22.0 Å². The molecule has 0 aliphatic carbocycles. The number of primary amides is 1. The Bertz CT molecular complexity index is 505. The second-order valence-corrected chi connectivity index (χ2v) is 7.83. The van der Waals surface area contributed by atoms with E-state index in [1.807, 2.05) is 0 Å². The van der Waals surface area contributed by atoms with Crippen molar-refractivity contribution < 1.29 is 22.7 Å². The van der Waals surface area contributed by atoms with Crippen LogP contribution in [0.15, 0.2) is 12.7 Å². The third kappa shape index (κ3) is 5.74. The molecule has 0 aliphatic rings. The topological polar surface area (TPSA) is 107 Å². The van der Waals surface area contributed by atoms with Gasteiger partial charge in [0.25, 0.3) is 0 Å². The van der Waals surface area contributed by atoms with E-state index in [1.165, 1.54) is 0 Å². The van der Waals surface area contributed by atoms with Gasteiger partial charge in [-0.3, -0.25) is 4.79 Å². The van der Waals surface area contributed by atoms with Gasteiger partial charge in [0.05, 0.1) is 5.75 Å². The maximum absolute atomic E-state index is 12.3. The van der Waals surface area contributed by atoms with Gasteiger partial charge in [-0.15, -0.1) is 6.58 Å². The molecular formula is C13H24N2O5S. The molecular weight excluding hydrogens is 296 g/mol. The van der Waals surface area contributed by atoms with Gasteiger partial charge in [0.1, 0.15) is 11.6 Å². The van der Waals surface area contributed by atoms with Crippen LogP contribution in [0.25, 0.3) is 0 Å². The molecule has 0 rings (SSSR count). The lowest BCUT2D eigenvalue weighted by Crippen LogP contribution is -2.55. The summed E-state index contributed by atoms with van der Waals surface area (Å²) in [6.07, 6.45) is 0.00675.